The van der Waals surface area contributed by atoms with E-state index >= 15 is 0 Å². The van der Waals surface area contributed by atoms with E-state index in [1.165, 1.54) is 47.1 Å². The van der Waals surface area contributed by atoms with Crippen molar-refractivity contribution in [1.29, 1.82) is 0 Å². The van der Waals surface area contributed by atoms with E-state index in [2.05, 4.69) is 87.3 Å². The molecule has 1 fully saturated rings. The predicted molar refractivity (Wildman–Crippen MR) is 130 cm³/mol. The van der Waals surface area contributed by atoms with Gasteiger partial charge in [0.15, 0.2) is 0 Å². The van der Waals surface area contributed by atoms with E-state index in [0.717, 1.165) is 24.1 Å². The molecule has 1 heterocycles. The highest BCUT2D eigenvalue weighted by Crippen LogP contribution is 2.47. The summed E-state index contributed by atoms with van der Waals surface area (Å²) >= 11 is 0. The molecule has 0 atom stereocenters. The molecule has 5 rings (SSSR count). The van der Waals surface area contributed by atoms with Gasteiger partial charge in [0, 0.05) is 17.3 Å². The van der Waals surface area contributed by atoms with Gasteiger partial charge < -0.3 is 5.73 Å². The molecule has 0 amide bonds. The molecule has 1 saturated carbocycles. The first kappa shape index (κ1) is 20.5. The van der Waals surface area contributed by atoms with Crippen molar-refractivity contribution in [1.82, 2.24) is 4.98 Å². The summed E-state index contributed by atoms with van der Waals surface area (Å²) in [5, 5.41) is 0. The fourth-order valence-corrected chi connectivity index (χ4v) is 5.36. The van der Waals surface area contributed by atoms with Crippen LogP contribution in [0.1, 0.15) is 76.5 Å². The van der Waals surface area contributed by atoms with Gasteiger partial charge in [-0.3, -0.25) is 4.98 Å². The van der Waals surface area contributed by atoms with E-state index in [-0.39, 0.29) is 16.4 Å². The summed E-state index contributed by atoms with van der Waals surface area (Å²) in [6, 6.07) is 20.1. The number of pyridine rings is 1. The van der Waals surface area contributed by atoms with Crippen molar-refractivity contribution in [3.63, 3.8) is 0 Å². The maximum Gasteiger partial charge on any atom is 0.0708 e. The van der Waals surface area contributed by atoms with Gasteiger partial charge in [0.2, 0.25) is 0 Å². The molecule has 160 valence electrons. The Hall–Kier alpha value is -2.45. The van der Waals surface area contributed by atoms with Gasteiger partial charge in [0.1, 0.15) is 0 Å². The van der Waals surface area contributed by atoms with E-state index in [4.69, 9.17) is 5.73 Å². The molecule has 0 bridgehead atoms. The molecular formula is C29H34N2. The Morgan fingerprint density at radius 2 is 1.29 bits per heavy atom. The van der Waals surface area contributed by atoms with Crippen LogP contribution < -0.4 is 5.73 Å². The molecule has 0 radical (unpaired) electrons. The zero-order valence-electron chi connectivity index (χ0n) is 19.3. The van der Waals surface area contributed by atoms with E-state index in [1.807, 2.05) is 6.20 Å². The summed E-state index contributed by atoms with van der Waals surface area (Å²) in [5.41, 5.74) is 15.8. The second-order valence-electron chi connectivity index (χ2n) is 11.0. The second-order valence-corrected chi connectivity index (χ2v) is 11.0. The van der Waals surface area contributed by atoms with Gasteiger partial charge in [-0.05, 0) is 82.9 Å². The molecule has 2 N–H and O–H groups in total. The Kier molecular flexibility index (Phi) is 4.64. The molecule has 3 aromatic rings. The number of nitrogens with zero attached hydrogens (tertiary/aromatic N) is 1. The molecule has 2 aromatic carbocycles. The molecule has 0 spiro atoms. The minimum Gasteiger partial charge on any atom is -0.321 e. The van der Waals surface area contributed by atoms with Crippen LogP contribution >= 0.6 is 0 Å². The zero-order valence-corrected chi connectivity index (χ0v) is 19.3. The van der Waals surface area contributed by atoms with Crippen molar-refractivity contribution in [3.05, 3.63) is 77.5 Å². The second kappa shape index (κ2) is 7.03. The van der Waals surface area contributed by atoms with Crippen molar-refractivity contribution in [2.75, 3.05) is 0 Å². The predicted octanol–water partition coefficient (Wildman–Crippen LogP) is 7.10. The normalized spacial score (nSPS) is 20.5. The molecule has 0 aliphatic heterocycles. The van der Waals surface area contributed by atoms with Gasteiger partial charge in [0.05, 0.1) is 5.69 Å². The monoisotopic (exact) mass is 410 g/mol. The number of nitrogens with two attached hydrogens (primary N) is 1. The number of fused-ring (bicyclic) bond motifs is 1. The van der Waals surface area contributed by atoms with Crippen LogP contribution in [0.5, 0.6) is 0 Å². The lowest BCUT2D eigenvalue weighted by molar-refractivity contribution is 0.253. The first-order valence-electron chi connectivity index (χ1n) is 11.7. The molecule has 0 saturated heterocycles. The number of benzene rings is 2. The minimum atomic E-state index is -0.114. The average molecular weight is 411 g/mol. The van der Waals surface area contributed by atoms with Crippen molar-refractivity contribution in [3.8, 4) is 22.4 Å². The van der Waals surface area contributed by atoms with Crippen molar-refractivity contribution < 1.29 is 0 Å². The minimum absolute atomic E-state index is 0.114. The molecular weight excluding hydrogens is 376 g/mol. The Labute approximate surface area is 186 Å². The first-order chi connectivity index (χ1) is 14.7. The van der Waals surface area contributed by atoms with E-state index in [9.17, 15) is 0 Å². The van der Waals surface area contributed by atoms with Crippen LogP contribution in [0.15, 0.2) is 60.8 Å². The molecule has 1 aromatic heterocycles. The van der Waals surface area contributed by atoms with Crippen molar-refractivity contribution >= 4 is 0 Å². The summed E-state index contributed by atoms with van der Waals surface area (Å²) in [5.74, 6) is 0. The maximum absolute atomic E-state index is 6.49. The van der Waals surface area contributed by atoms with Crippen LogP contribution in [0.4, 0.5) is 0 Å². The van der Waals surface area contributed by atoms with Gasteiger partial charge in [-0.1, -0.05) is 70.2 Å². The third-order valence-electron chi connectivity index (χ3n) is 7.95. The summed E-state index contributed by atoms with van der Waals surface area (Å²) in [6.07, 6.45) is 7.82. The lowest BCUT2D eigenvalue weighted by Gasteiger charge is -2.42. The van der Waals surface area contributed by atoms with Crippen LogP contribution in [0, 0.1) is 0 Å². The average Bonchev–Trinajstić information content (AvgIpc) is 2.75. The fourth-order valence-electron chi connectivity index (χ4n) is 5.36. The van der Waals surface area contributed by atoms with Crippen molar-refractivity contribution in [2.24, 2.45) is 5.73 Å². The standard InChI is InChI=1S/C29H34N2/c1-27(2)15-16-28(3,4)25-18-21(8-11-24(25)27)22-12-17-31-26(19-22)20-6-9-23(10-7-20)29(30)13-5-14-29/h6-12,17-19H,5,13-16,30H2,1-4H3. The van der Waals surface area contributed by atoms with Gasteiger partial charge in [-0.2, -0.15) is 0 Å². The zero-order chi connectivity index (χ0) is 21.9. The highest BCUT2D eigenvalue weighted by Gasteiger charge is 2.37. The Morgan fingerprint density at radius 1 is 0.677 bits per heavy atom. The summed E-state index contributed by atoms with van der Waals surface area (Å²) in [4.78, 5) is 4.67. The summed E-state index contributed by atoms with van der Waals surface area (Å²) in [6.45, 7) is 9.53. The maximum atomic E-state index is 6.49. The van der Waals surface area contributed by atoms with E-state index in [0.29, 0.717) is 0 Å². The molecule has 2 aliphatic rings. The lowest BCUT2D eigenvalue weighted by Crippen LogP contribution is -2.43. The molecule has 2 nitrogen and oxygen atoms in total. The lowest BCUT2D eigenvalue weighted by atomic mass is 9.63. The van der Waals surface area contributed by atoms with Gasteiger partial charge in [0.25, 0.3) is 0 Å². The van der Waals surface area contributed by atoms with E-state index < -0.39 is 0 Å². The van der Waals surface area contributed by atoms with Crippen LogP contribution in [-0.2, 0) is 16.4 Å². The van der Waals surface area contributed by atoms with Gasteiger partial charge in [-0.15, -0.1) is 0 Å². The topological polar surface area (TPSA) is 38.9 Å². The number of hydrogen-bond donors (Lipinski definition) is 1. The quantitative estimate of drug-likeness (QED) is 0.500. The smallest absolute Gasteiger partial charge is 0.0708 e. The van der Waals surface area contributed by atoms with Crippen LogP contribution in [0.2, 0.25) is 0 Å². The van der Waals surface area contributed by atoms with Gasteiger partial charge in [-0.25, -0.2) is 0 Å². The van der Waals surface area contributed by atoms with Gasteiger partial charge >= 0.3 is 0 Å². The molecule has 31 heavy (non-hydrogen) atoms. The largest absolute Gasteiger partial charge is 0.321 e. The highest BCUT2D eigenvalue weighted by molar-refractivity contribution is 5.72. The first-order valence-corrected chi connectivity index (χ1v) is 11.7. The number of hydrogen-bond acceptors (Lipinski definition) is 2. The molecule has 2 heteroatoms. The fraction of sp³-hybridized carbons (Fsp3) is 0.414. The molecule has 0 unspecified atom stereocenters. The SMILES string of the molecule is CC1(C)CCC(C)(C)c2cc(-c3ccnc(-c4ccc(C5(N)CCC5)cc4)c3)ccc21. The van der Waals surface area contributed by atoms with Crippen LogP contribution in [0.3, 0.4) is 0 Å². The van der Waals surface area contributed by atoms with E-state index in [1.54, 1.807) is 0 Å². The third kappa shape index (κ3) is 3.51. The Bertz CT molecular complexity index is 1120. The van der Waals surface area contributed by atoms with Crippen LogP contribution in [0.25, 0.3) is 22.4 Å². The number of rotatable bonds is 3. The van der Waals surface area contributed by atoms with Crippen molar-refractivity contribution in [2.45, 2.75) is 76.2 Å². The number of aromatic nitrogens is 1. The summed E-state index contributed by atoms with van der Waals surface area (Å²) in [7, 11) is 0. The Balaban J connectivity index is 1.50. The third-order valence-corrected chi connectivity index (χ3v) is 7.95. The molecule has 2 aliphatic carbocycles. The summed E-state index contributed by atoms with van der Waals surface area (Å²) < 4.78 is 0. The highest BCUT2D eigenvalue weighted by atomic mass is 14.8. The Morgan fingerprint density at radius 3 is 1.94 bits per heavy atom. The van der Waals surface area contributed by atoms with Crippen LogP contribution in [-0.4, -0.2) is 4.98 Å².